The fourth-order valence-electron chi connectivity index (χ4n) is 0.708. The van der Waals surface area contributed by atoms with E-state index in [0.717, 1.165) is 10.3 Å². The lowest BCUT2D eigenvalue weighted by atomic mass is 10.9. The van der Waals surface area contributed by atoms with E-state index in [9.17, 15) is 8.42 Å². The molecule has 0 aliphatic heterocycles. The Balaban J connectivity index is 4.92. The van der Waals surface area contributed by atoms with Crippen molar-refractivity contribution < 1.29 is 17.5 Å². The molecule has 0 atom stereocenters. The summed E-state index contributed by atoms with van der Waals surface area (Å²) in [6.45, 7) is 1.30. The van der Waals surface area contributed by atoms with Crippen molar-refractivity contribution in [1.29, 1.82) is 0 Å². The molecule has 14 heavy (non-hydrogen) atoms. The zero-order chi connectivity index (χ0) is 11.4. The summed E-state index contributed by atoms with van der Waals surface area (Å²) in [5, 5.41) is 0. The van der Waals surface area contributed by atoms with Gasteiger partial charge in [0.05, 0.1) is 19.5 Å². The lowest BCUT2D eigenvalue weighted by Crippen LogP contribution is -2.24. The fraction of sp³-hybridized carbons (Fsp3) is 1.00. The molecule has 0 saturated carbocycles. The standard InChI is InChI=1S/C6H16NO4PS2/c1-5-10-12(13,11-6-2)7(3)14(4,8)9/h5-6H2,1-4H3. The molecule has 5 nitrogen and oxygen atoms in total. The Bertz CT molecular complexity index is 306. The van der Waals surface area contributed by atoms with Crippen LogP contribution in [0.1, 0.15) is 13.8 Å². The average Bonchev–Trinajstić information content (AvgIpc) is 2.02. The second-order valence-corrected chi connectivity index (χ2v) is 8.22. The first-order chi connectivity index (χ1) is 6.28. The molecule has 0 radical (unpaired) electrons. The summed E-state index contributed by atoms with van der Waals surface area (Å²) in [5.74, 6) is 0. The summed E-state index contributed by atoms with van der Waals surface area (Å²) >= 11 is 5.08. The maximum Gasteiger partial charge on any atom is 0.277 e. The highest BCUT2D eigenvalue weighted by atomic mass is 32.5. The van der Waals surface area contributed by atoms with Crippen LogP contribution >= 0.6 is 6.64 Å². The second-order valence-electron chi connectivity index (χ2n) is 2.50. The van der Waals surface area contributed by atoms with E-state index in [0.29, 0.717) is 13.2 Å². The van der Waals surface area contributed by atoms with Crippen LogP contribution in [0.4, 0.5) is 0 Å². The van der Waals surface area contributed by atoms with Crippen molar-refractivity contribution in [3.63, 3.8) is 0 Å². The van der Waals surface area contributed by atoms with E-state index in [1.807, 2.05) is 0 Å². The van der Waals surface area contributed by atoms with Crippen LogP contribution in [-0.4, -0.2) is 39.0 Å². The molecule has 0 aliphatic carbocycles. The predicted octanol–water partition coefficient (Wildman–Crippen LogP) is 1.18. The molecule has 0 saturated heterocycles. The fourth-order valence-corrected chi connectivity index (χ4v) is 5.22. The van der Waals surface area contributed by atoms with Gasteiger partial charge in [0.15, 0.2) is 0 Å². The van der Waals surface area contributed by atoms with Gasteiger partial charge < -0.3 is 9.05 Å². The second kappa shape index (κ2) is 5.53. The number of hydrogen-bond donors (Lipinski definition) is 0. The van der Waals surface area contributed by atoms with Crippen LogP contribution in [0.2, 0.25) is 0 Å². The summed E-state index contributed by atoms with van der Waals surface area (Å²) < 4.78 is 33.9. The Labute approximate surface area is 90.7 Å². The van der Waals surface area contributed by atoms with E-state index in [2.05, 4.69) is 0 Å². The minimum Gasteiger partial charge on any atom is -0.317 e. The van der Waals surface area contributed by atoms with E-state index >= 15 is 0 Å². The average molecular weight is 261 g/mol. The molecule has 0 aromatic heterocycles. The van der Waals surface area contributed by atoms with Crippen LogP contribution in [0.15, 0.2) is 0 Å². The SMILES string of the molecule is CCOP(=S)(OCC)N(C)S(C)(=O)=O. The van der Waals surface area contributed by atoms with Crippen molar-refractivity contribution in [2.24, 2.45) is 0 Å². The van der Waals surface area contributed by atoms with E-state index in [4.69, 9.17) is 20.9 Å². The molecule has 0 unspecified atom stereocenters. The molecule has 0 rings (SSSR count). The van der Waals surface area contributed by atoms with Gasteiger partial charge in [-0.1, -0.05) is 0 Å². The Morgan fingerprint density at radius 2 is 1.64 bits per heavy atom. The van der Waals surface area contributed by atoms with Crippen LogP contribution in [0.3, 0.4) is 0 Å². The minimum absolute atomic E-state index is 0.330. The van der Waals surface area contributed by atoms with Gasteiger partial charge in [0.2, 0.25) is 10.0 Å². The van der Waals surface area contributed by atoms with Crippen LogP contribution in [0.25, 0.3) is 0 Å². The molecule has 0 amide bonds. The van der Waals surface area contributed by atoms with Crippen molar-refractivity contribution in [2.75, 3.05) is 26.5 Å². The van der Waals surface area contributed by atoms with E-state index in [-0.39, 0.29) is 0 Å². The van der Waals surface area contributed by atoms with Crippen LogP contribution < -0.4 is 0 Å². The molecular formula is C6H16NO4PS2. The molecular weight excluding hydrogens is 245 g/mol. The largest absolute Gasteiger partial charge is 0.317 e. The van der Waals surface area contributed by atoms with Gasteiger partial charge in [-0.15, -0.1) is 4.08 Å². The first-order valence-corrected chi connectivity index (χ1v) is 8.55. The van der Waals surface area contributed by atoms with Gasteiger partial charge in [-0.05, 0) is 25.7 Å². The lowest BCUT2D eigenvalue weighted by Gasteiger charge is -2.27. The molecule has 0 fully saturated rings. The summed E-state index contributed by atoms with van der Waals surface area (Å²) in [6.07, 6.45) is 1.08. The highest BCUT2D eigenvalue weighted by molar-refractivity contribution is 8.13. The molecule has 0 aromatic rings. The van der Waals surface area contributed by atoms with Gasteiger partial charge >= 0.3 is 0 Å². The Morgan fingerprint density at radius 1 is 1.29 bits per heavy atom. The molecule has 0 spiro atoms. The third-order valence-electron chi connectivity index (χ3n) is 1.41. The Kier molecular flexibility index (Phi) is 5.72. The van der Waals surface area contributed by atoms with Crippen molar-refractivity contribution in [1.82, 2.24) is 4.08 Å². The smallest absolute Gasteiger partial charge is 0.277 e. The maximum atomic E-state index is 11.3. The van der Waals surface area contributed by atoms with Gasteiger partial charge in [0.1, 0.15) is 0 Å². The third-order valence-corrected chi connectivity index (χ3v) is 7.44. The molecule has 0 bridgehead atoms. The lowest BCUT2D eigenvalue weighted by molar-refractivity contribution is 0.245. The number of sulfonamides is 1. The van der Waals surface area contributed by atoms with Crippen molar-refractivity contribution in [3.8, 4) is 0 Å². The summed E-state index contributed by atoms with van der Waals surface area (Å²) in [6, 6.07) is 0. The third kappa shape index (κ3) is 3.92. The van der Waals surface area contributed by atoms with E-state index in [1.54, 1.807) is 13.8 Å². The normalized spacial score (nSPS) is 13.5. The van der Waals surface area contributed by atoms with Crippen LogP contribution in [-0.2, 0) is 30.9 Å². The molecule has 0 aromatic carbocycles. The highest BCUT2D eigenvalue weighted by Crippen LogP contribution is 2.52. The van der Waals surface area contributed by atoms with Gasteiger partial charge in [-0.3, -0.25) is 0 Å². The van der Waals surface area contributed by atoms with E-state index < -0.39 is 16.7 Å². The molecule has 8 heteroatoms. The summed E-state index contributed by atoms with van der Waals surface area (Å²) in [4.78, 5) is 0. The number of rotatable bonds is 6. The summed E-state index contributed by atoms with van der Waals surface area (Å²) in [7, 11) is -2.00. The highest BCUT2D eigenvalue weighted by Gasteiger charge is 2.31. The van der Waals surface area contributed by atoms with Gasteiger partial charge in [0.25, 0.3) is 6.64 Å². The number of hydrogen-bond acceptors (Lipinski definition) is 5. The van der Waals surface area contributed by atoms with E-state index in [1.165, 1.54) is 7.05 Å². The van der Waals surface area contributed by atoms with Crippen molar-refractivity contribution in [3.05, 3.63) is 0 Å². The molecule has 0 N–H and O–H groups in total. The monoisotopic (exact) mass is 261 g/mol. The quantitative estimate of drug-likeness (QED) is 0.672. The Morgan fingerprint density at radius 3 is 1.86 bits per heavy atom. The molecule has 0 aliphatic rings. The first kappa shape index (κ1) is 14.5. The van der Waals surface area contributed by atoms with Crippen molar-refractivity contribution in [2.45, 2.75) is 13.8 Å². The van der Waals surface area contributed by atoms with Gasteiger partial charge in [0, 0.05) is 7.05 Å². The minimum atomic E-state index is -3.38. The van der Waals surface area contributed by atoms with Crippen LogP contribution in [0, 0.1) is 0 Å². The number of nitrogens with zero attached hydrogens (tertiary/aromatic N) is 1. The van der Waals surface area contributed by atoms with Gasteiger partial charge in [-0.25, -0.2) is 8.42 Å². The predicted molar refractivity (Wildman–Crippen MR) is 60.1 cm³/mol. The zero-order valence-electron chi connectivity index (χ0n) is 8.76. The summed E-state index contributed by atoms with van der Waals surface area (Å²) in [5.41, 5.74) is 0. The topological polar surface area (TPSA) is 55.8 Å². The zero-order valence-corrected chi connectivity index (χ0v) is 11.3. The van der Waals surface area contributed by atoms with Crippen molar-refractivity contribution >= 4 is 28.5 Å². The first-order valence-electron chi connectivity index (χ1n) is 4.11. The molecule has 0 heterocycles. The van der Waals surface area contributed by atoms with Gasteiger partial charge in [-0.2, -0.15) is 0 Å². The van der Waals surface area contributed by atoms with Crippen LogP contribution in [0.5, 0.6) is 0 Å². The molecule has 86 valence electrons. The Hall–Kier alpha value is 0.480. The maximum absolute atomic E-state index is 11.3.